The van der Waals surface area contributed by atoms with Gasteiger partial charge in [0.1, 0.15) is 0 Å². The Kier molecular flexibility index (Phi) is 8.30. The van der Waals surface area contributed by atoms with E-state index < -0.39 is 6.43 Å². The van der Waals surface area contributed by atoms with Crippen LogP contribution < -0.4 is 5.32 Å². The summed E-state index contributed by atoms with van der Waals surface area (Å²) >= 11 is 0. The van der Waals surface area contributed by atoms with E-state index in [-0.39, 0.29) is 6.54 Å². The molecule has 0 bridgehead atoms. The van der Waals surface area contributed by atoms with Crippen molar-refractivity contribution in [2.45, 2.75) is 46.0 Å². The van der Waals surface area contributed by atoms with Crippen LogP contribution in [-0.4, -0.2) is 19.5 Å². The van der Waals surface area contributed by atoms with E-state index in [2.05, 4.69) is 19.2 Å². The molecular formula is C10H21F2N. The van der Waals surface area contributed by atoms with Gasteiger partial charge in [-0.15, -0.1) is 0 Å². The molecule has 0 aliphatic heterocycles. The highest BCUT2D eigenvalue weighted by atomic mass is 19.3. The second-order valence-electron chi connectivity index (χ2n) is 3.49. The molecule has 0 saturated heterocycles. The largest absolute Gasteiger partial charge is 0.311 e. The number of hydrogen-bond donors (Lipinski definition) is 1. The van der Waals surface area contributed by atoms with Crippen LogP contribution in [0.4, 0.5) is 8.78 Å². The van der Waals surface area contributed by atoms with E-state index in [0.717, 1.165) is 32.2 Å². The molecule has 0 spiro atoms. The van der Waals surface area contributed by atoms with Crippen molar-refractivity contribution in [1.82, 2.24) is 5.32 Å². The van der Waals surface area contributed by atoms with Crippen LogP contribution in [0.5, 0.6) is 0 Å². The normalized spacial score (nSPS) is 11.5. The Morgan fingerprint density at radius 2 is 1.54 bits per heavy atom. The summed E-state index contributed by atoms with van der Waals surface area (Å²) in [5, 5.41) is 2.80. The lowest BCUT2D eigenvalue weighted by molar-refractivity contribution is 0.143. The van der Waals surface area contributed by atoms with Crippen molar-refractivity contribution in [3.63, 3.8) is 0 Å². The highest BCUT2D eigenvalue weighted by molar-refractivity contribution is 4.62. The van der Waals surface area contributed by atoms with E-state index in [1.54, 1.807) is 0 Å². The monoisotopic (exact) mass is 193 g/mol. The summed E-state index contributed by atoms with van der Waals surface area (Å²) in [5.74, 6) is 0.578. The summed E-state index contributed by atoms with van der Waals surface area (Å²) < 4.78 is 23.6. The fraction of sp³-hybridized carbons (Fsp3) is 1.00. The first kappa shape index (κ1) is 12.8. The minimum absolute atomic E-state index is 0.163. The molecule has 3 heteroatoms. The predicted molar refractivity (Wildman–Crippen MR) is 52.2 cm³/mol. The van der Waals surface area contributed by atoms with Crippen molar-refractivity contribution in [2.24, 2.45) is 5.92 Å². The molecule has 0 aromatic rings. The first-order chi connectivity index (χ1) is 6.20. The van der Waals surface area contributed by atoms with Gasteiger partial charge in [-0.2, -0.15) is 0 Å². The summed E-state index contributed by atoms with van der Waals surface area (Å²) in [6.45, 7) is 4.85. The highest BCUT2D eigenvalue weighted by Crippen LogP contribution is 2.11. The second kappa shape index (κ2) is 8.42. The maximum absolute atomic E-state index is 11.8. The van der Waals surface area contributed by atoms with Gasteiger partial charge in [0.2, 0.25) is 0 Å². The molecule has 0 unspecified atom stereocenters. The van der Waals surface area contributed by atoms with Gasteiger partial charge in [-0.3, -0.25) is 0 Å². The SMILES string of the molecule is CCCC(CCC)CNCC(F)F. The molecule has 0 radical (unpaired) electrons. The van der Waals surface area contributed by atoms with Crippen molar-refractivity contribution in [3.05, 3.63) is 0 Å². The van der Waals surface area contributed by atoms with Gasteiger partial charge < -0.3 is 5.32 Å². The van der Waals surface area contributed by atoms with E-state index >= 15 is 0 Å². The summed E-state index contributed by atoms with van der Waals surface area (Å²) in [6, 6.07) is 0. The molecule has 0 aliphatic rings. The van der Waals surface area contributed by atoms with Crippen LogP contribution in [0.25, 0.3) is 0 Å². The van der Waals surface area contributed by atoms with Crippen LogP contribution in [0.2, 0.25) is 0 Å². The van der Waals surface area contributed by atoms with Gasteiger partial charge in [0, 0.05) is 0 Å². The van der Waals surface area contributed by atoms with Gasteiger partial charge >= 0.3 is 0 Å². The van der Waals surface area contributed by atoms with Crippen LogP contribution in [0, 0.1) is 5.92 Å². The molecule has 0 aliphatic carbocycles. The average molecular weight is 193 g/mol. The van der Waals surface area contributed by atoms with Gasteiger partial charge in [-0.05, 0) is 25.3 Å². The number of rotatable bonds is 8. The zero-order valence-corrected chi connectivity index (χ0v) is 8.65. The average Bonchev–Trinajstić information content (AvgIpc) is 2.04. The van der Waals surface area contributed by atoms with Crippen molar-refractivity contribution >= 4 is 0 Å². The lowest BCUT2D eigenvalue weighted by atomic mass is 9.98. The standard InChI is InChI=1S/C10H21F2N/c1-3-5-9(6-4-2)7-13-8-10(11)12/h9-10,13H,3-8H2,1-2H3. The summed E-state index contributed by atoms with van der Waals surface area (Å²) in [7, 11) is 0. The Labute approximate surface area is 79.9 Å². The fourth-order valence-corrected chi connectivity index (χ4v) is 1.56. The quantitative estimate of drug-likeness (QED) is 0.624. The van der Waals surface area contributed by atoms with Crippen LogP contribution in [0.1, 0.15) is 39.5 Å². The third-order valence-corrected chi connectivity index (χ3v) is 2.13. The van der Waals surface area contributed by atoms with Crippen molar-refractivity contribution in [2.75, 3.05) is 13.1 Å². The van der Waals surface area contributed by atoms with E-state index in [1.807, 2.05) is 0 Å². The van der Waals surface area contributed by atoms with E-state index in [9.17, 15) is 8.78 Å². The first-order valence-corrected chi connectivity index (χ1v) is 5.19. The van der Waals surface area contributed by atoms with Gasteiger partial charge in [0.05, 0.1) is 6.54 Å². The zero-order valence-electron chi connectivity index (χ0n) is 8.65. The van der Waals surface area contributed by atoms with Gasteiger partial charge in [0.15, 0.2) is 0 Å². The summed E-state index contributed by atoms with van der Waals surface area (Å²) in [5.41, 5.74) is 0. The molecule has 80 valence electrons. The van der Waals surface area contributed by atoms with E-state index in [1.165, 1.54) is 0 Å². The lowest BCUT2D eigenvalue weighted by Gasteiger charge is -2.15. The molecule has 0 heterocycles. The number of alkyl halides is 2. The van der Waals surface area contributed by atoms with Crippen LogP contribution in [0.15, 0.2) is 0 Å². The fourth-order valence-electron chi connectivity index (χ4n) is 1.56. The molecular weight excluding hydrogens is 172 g/mol. The molecule has 0 aromatic heterocycles. The Morgan fingerprint density at radius 3 is 1.92 bits per heavy atom. The molecule has 1 N–H and O–H groups in total. The van der Waals surface area contributed by atoms with Crippen molar-refractivity contribution in [3.8, 4) is 0 Å². The maximum Gasteiger partial charge on any atom is 0.250 e. The molecule has 0 atom stereocenters. The number of halogens is 2. The summed E-state index contributed by atoms with van der Waals surface area (Å²) in [6.07, 6.45) is 2.35. The van der Waals surface area contributed by atoms with Crippen molar-refractivity contribution in [1.29, 1.82) is 0 Å². The zero-order chi connectivity index (χ0) is 10.1. The minimum Gasteiger partial charge on any atom is -0.311 e. The number of nitrogens with one attached hydrogen (secondary N) is 1. The Hall–Kier alpha value is -0.180. The second-order valence-corrected chi connectivity index (χ2v) is 3.49. The van der Waals surface area contributed by atoms with Crippen LogP contribution in [-0.2, 0) is 0 Å². The van der Waals surface area contributed by atoms with Gasteiger partial charge in [-0.1, -0.05) is 26.7 Å². The molecule has 1 nitrogen and oxygen atoms in total. The van der Waals surface area contributed by atoms with E-state index in [4.69, 9.17) is 0 Å². The topological polar surface area (TPSA) is 12.0 Å². The molecule has 0 amide bonds. The molecule has 0 fully saturated rings. The number of hydrogen-bond acceptors (Lipinski definition) is 1. The Morgan fingerprint density at radius 1 is 1.00 bits per heavy atom. The first-order valence-electron chi connectivity index (χ1n) is 5.19. The minimum atomic E-state index is -2.22. The van der Waals surface area contributed by atoms with Crippen molar-refractivity contribution < 1.29 is 8.78 Å². The van der Waals surface area contributed by atoms with Crippen LogP contribution in [0.3, 0.4) is 0 Å². The van der Waals surface area contributed by atoms with Gasteiger partial charge in [-0.25, -0.2) is 8.78 Å². The lowest BCUT2D eigenvalue weighted by Crippen LogP contribution is -2.27. The molecule has 0 rings (SSSR count). The smallest absolute Gasteiger partial charge is 0.250 e. The molecule has 0 saturated carbocycles. The molecule has 13 heavy (non-hydrogen) atoms. The van der Waals surface area contributed by atoms with Gasteiger partial charge in [0.25, 0.3) is 6.43 Å². The Bertz CT molecular complexity index is 101. The third-order valence-electron chi connectivity index (χ3n) is 2.13. The highest BCUT2D eigenvalue weighted by Gasteiger charge is 2.07. The summed E-state index contributed by atoms with van der Waals surface area (Å²) in [4.78, 5) is 0. The predicted octanol–water partition coefficient (Wildman–Crippen LogP) is 3.06. The third kappa shape index (κ3) is 8.16. The Balaban J connectivity index is 3.44. The van der Waals surface area contributed by atoms with Crippen LogP contribution >= 0.6 is 0 Å². The maximum atomic E-state index is 11.8. The van der Waals surface area contributed by atoms with E-state index in [0.29, 0.717) is 5.92 Å². The molecule has 0 aromatic carbocycles.